The van der Waals surface area contributed by atoms with E-state index in [4.69, 9.17) is 9.47 Å². The lowest BCUT2D eigenvalue weighted by Gasteiger charge is -2.23. The number of hydrogen-bond acceptors (Lipinski definition) is 4. The molecule has 1 unspecified atom stereocenters. The molecule has 104 valence electrons. The van der Waals surface area contributed by atoms with Crippen molar-refractivity contribution in [3.8, 4) is 0 Å². The van der Waals surface area contributed by atoms with Gasteiger partial charge >= 0.3 is 0 Å². The molecule has 1 aromatic rings. The first-order valence-corrected chi connectivity index (χ1v) is 6.50. The van der Waals surface area contributed by atoms with Gasteiger partial charge in [-0.15, -0.1) is 0 Å². The highest BCUT2D eigenvalue weighted by molar-refractivity contribution is 5.95. The number of rotatable bonds is 5. The maximum Gasteiger partial charge on any atom is 0.243 e. The zero-order valence-electron chi connectivity index (χ0n) is 11.1. The highest BCUT2D eigenvalue weighted by atomic mass is 16.5. The maximum absolute atomic E-state index is 12.1. The molecule has 0 aromatic heterocycles. The van der Waals surface area contributed by atoms with Crippen LogP contribution in [0.1, 0.15) is 5.56 Å². The van der Waals surface area contributed by atoms with Crippen LogP contribution in [0.25, 0.3) is 0 Å². The van der Waals surface area contributed by atoms with Crippen LogP contribution < -0.4 is 10.6 Å². The highest BCUT2D eigenvalue weighted by Crippen LogP contribution is 2.16. The smallest absolute Gasteiger partial charge is 0.243 e. The molecule has 1 heterocycles. The molecule has 1 fully saturated rings. The third-order valence-electron chi connectivity index (χ3n) is 3.09. The summed E-state index contributed by atoms with van der Waals surface area (Å²) in [4.78, 5) is 12.1. The van der Waals surface area contributed by atoms with Crippen molar-refractivity contribution in [2.75, 3.05) is 38.8 Å². The van der Waals surface area contributed by atoms with Crippen molar-refractivity contribution in [2.24, 2.45) is 0 Å². The summed E-state index contributed by atoms with van der Waals surface area (Å²) in [5, 5.41) is 6.09. The second-order valence-electron chi connectivity index (χ2n) is 4.47. The fraction of sp³-hybridized carbons (Fsp3) is 0.500. The van der Waals surface area contributed by atoms with E-state index in [1.807, 2.05) is 24.3 Å². The summed E-state index contributed by atoms with van der Waals surface area (Å²) in [6, 6.07) is 7.51. The van der Waals surface area contributed by atoms with E-state index < -0.39 is 0 Å². The summed E-state index contributed by atoms with van der Waals surface area (Å²) in [6.45, 7) is 2.43. The van der Waals surface area contributed by atoms with Crippen molar-refractivity contribution in [1.29, 1.82) is 0 Å². The van der Waals surface area contributed by atoms with E-state index in [-0.39, 0.29) is 11.9 Å². The van der Waals surface area contributed by atoms with Crippen molar-refractivity contribution in [1.82, 2.24) is 5.32 Å². The second kappa shape index (κ2) is 7.23. The van der Waals surface area contributed by atoms with E-state index in [0.29, 0.717) is 26.4 Å². The summed E-state index contributed by atoms with van der Waals surface area (Å²) in [5.41, 5.74) is 1.92. The Kier molecular flexibility index (Phi) is 5.32. The average molecular weight is 264 g/mol. The molecule has 0 radical (unpaired) electrons. The van der Waals surface area contributed by atoms with Gasteiger partial charge in [0, 0.05) is 19.3 Å². The molecule has 0 spiro atoms. The van der Waals surface area contributed by atoms with E-state index in [1.165, 1.54) is 0 Å². The molecular weight excluding hydrogens is 244 g/mol. The van der Waals surface area contributed by atoms with Crippen molar-refractivity contribution in [3.63, 3.8) is 0 Å². The third-order valence-corrected chi connectivity index (χ3v) is 3.09. The van der Waals surface area contributed by atoms with Gasteiger partial charge in [0.1, 0.15) is 6.04 Å². The summed E-state index contributed by atoms with van der Waals surface area (Å²) >= 11 is 0. The van der Waals surface area contributed by atoms with Gasteiger partial charge in [-0.3, -0.25) is 4.79 Å². The minimum atomic E-state index is -0.274. The summed E-state index contributed by atoms with van der Waals surface area (Å²) in [5.74, 6) is -0.0513. The Labute approximate surface area is 113 Å². The Morgan fingerprint density at radius 1 is 1.53 bits per heavy atom. The first-order chi connectivity index (χ1) is 9.31. The number of methoxy groups -OCH3 is 1. The SMILES string of the molecule is COCCc1ccccc1NC(=O)C1COCCN1. The van der Waals surface area contributed by atoms with E-state index in [2.05, 4.69) is 10.6 Å². The Morgan fingerprint density at radius 3 is 3.11 bits per heavy atom. The lowest BCUT2D eigenvalue weighted by Crippen LogP contribution is -2.48. The number of hydrogen-bond donors (Lipinski definition) is 2. The van der Waals surface area contributed by atoms with Crippen LogP contribution in [0.15, 0.2) is 24.3 Å². The molecule has 1 aliphatic heterocycles. The van der Waals surface area contributed by atoms with Crippen molar-refractivity contribution in [3.05, 3.63) is 29.8 Å². The molecule has 1 amide bonds. The molecule has 2 N–H and O–H groups in total. The molecule has 1 atom stereocenters. The number of para-hydroxylation sites is 1. The molecule has 2 rings (SSSR count). The molecule has 0 aliphatic carbocycles. The van der Waals surface area contributed by atoms with Gasteiger partial charge < -0.3 is 20.1 Å². The molecule has 5 heteroatoms. The Morgan fingerprint density at radius 2 is 2.37 bits per heavy atom. The molecule has 0 bridgehead atoms. The molecule has 1 aromatic carbocycles. The van der Waals surface area contributed by atoms with E-state index >= 15 is 0 Å². The minimum Gasteiger partial charge on any atom is -0.384 e. The molecule has 19 heavy (non-hydrogen) atoms. The standard InChI is InChI=1S/C14H20N2O3/c1-18-8-6-11-4-2-3-5-12(11)16-14(17)13-10-19-9-7-15-13/h2-5,13,15H,6-10H2,1H3,(H,16,17). The van der Waals surface area contributed by atoms with Gasteiger partial charge in [-0.05, 0) is 18.1 Å². The number of morpholine rings is 1. The minimum absolute atomic E-state index is 0.0513. The number of benzene rings is 1. The zero-order valence-corrected chi connectivity index (χ0v) is 11.1. The molecular formula is C14H20N2O3. The normalized spacial score (nSPS) is 19.1. The van der Waals surface area contributed by atoms with Crippen LogP contribution in [0, 0.1) is 0 Å². The van der Waals surface area contributed by atoms with Crippen LogP contribution >= 0.6 is 0 Å². The topological polar surface area (TPSA) is 59.6 Å². The van der Waals surface area contributed by atoms with E-state index in [9.17, 15) is 4.79 Å². The number of anilines is 1. The third kappa shape index (κ3) is 4.02. The predicted molar refractivity (Wildman–Crippen MR) is 73.3 cm³/mol. The van der Waals surface area contributed by atoms with Crippen molar-refractivity contribution < 1.29 is 14.3 Å². The van der Waals surface area contributed by atoms with Gasteiger partial charge in [-0.2, -0.15) is 0 Å². The fourth-order valence-corrected chi connectivity index (χ4v) is 2.03. The summed E-state index contributed by atoms with van der Waals surface area (Å²) in [7, 11) is 1.67. The number of carbonyl (C=O) groups is 1. The number of carbonyl (C=O) groups excluding carboxylic acids is 1. The lowest BCUT2D eigenvalue weighted by atomic mass is 10.1. The van der Waals surface area contributed by atoms with Gasteiger partial charge in [0.05, 0.1) is 19.8 Å². The van der Waals surface area contributed by atoms with Crippen LogP contribution in [0.3, 0.4) is 0 Å². The van der Waals surface area contributed by atoms with Gasteiger partial charge in [-0.1, -0.05) is 18.2 Å². The van der Waals surface area contributed by atoms with E-state index in [0.717, 1.165) is 17.7 Å². The van der Waals surface area contributed by atoms with Crippen LogP contribution in [-0.2, 0) is 20.7 Å². The maximum atomic E-state index is 12.1. The largest absolute Gasteiger partial charge is 0.384 e. The molecule has 5 nitrogen and oxygen atoms in total. The van der Waals surface area contributed by atoms with Crippen molar-refractivity contribution in [2.45, 2.75) is 12.5 Å². The first-order valence-electron chi connectivity index (χ1n) is 6.50. The average Bonchev–Trinajstić information content (AvgIpc) is 2.47. The van der Waals surface area contributed by atoms with Gasteiger partial charge in [0.25, 0.3) is 0 Å². The monoisotopic (exact) mass is 264 g/mol. The first kappa shape index (κ1) is 14.0. The predicted octanol–water partition coefficient (Wildman–Crippen LogP) is 0.802. The summed E-state index contributed by atoms with van der Waals surface area (Å²) < 4.78 is 10.4. The van der Waals surface area contributed by atoms with Crippen LogP contribution in [-0.4, -0.2) is 45.4 Å². The highest BCUT2D eigenvalue weighted by Gasteiger charge is 2.21. The molecule has 0 saturated carbocycles. The van der Waals surface area contributed by atoms with Gasteiger partial charge in [-0.25, -0.2) is 0 Å². The van der Waals surface area contributed by atoms with Gasteiger partial charge in [0.15, 0.2) is 0 Å². The van der Waals surface area contributed by atoms with Crippen LogP contribution in [0.2, 0.25) is 0 Å². The zero-order chi connectivity index (χ0) is 13.5. The quantitative estimate of drug-likeness (QED) is 0.826. The Balaban J connectivity index is 1.99. The Hall–Kier alpha value is -1.43. The number of nitrogens with one attached hydrogen (secondary N) is 2. The Bertz CT molecular complexity index is 417. The number of ether oxygens (including phenoxy) is 2. The van der Waals surface area contributed by atoms with E-state index in [1.54, 1.807) is 7.11 Å². The van der Waals surface area contributed by atoms with Crippen LogP contribution in [0.5, 0.6) is 0 Å². The lowest BCUT2D eigenvalue weighted by molar-refractivity contribution is -0.120. The van der Waals surface area contributed by atoms with Gasteiger partial charge in [0.2, 0.25) is 5.91 Å². The second-order valence-corrected chi connectivity index (χ2v) is 4.47. The van der Waals surface area contributed by atoms with Crippen molar-refractivity contribution >= 4 is 11.6 Å². The number of amides is 1. The molecule has 1 saturated heterocycles. The summed E-state index contributed by atoms with van der Waals surface area (Å²) in [6.07, 6.45) is 0.779. The molecule has 1 aliphatic rings. The van der Waals surface area contributed by atoms with Crippen LogP contribution in [0.4, 0.5) is 5.69 Å². The fourth-order valence-electron chi connectivity index (χ4n) is 2.03.